The average Bonchev–Trinajstić information content (AvgIpc) is 2.89. The zero-order chi connectivity index (χ0) is 13.8. The number of hydrogen-bond acceptors (Lipinski definition) is 4. The Morgan fingerprint density at radius 2 is 2.05 bits per heavy atom. The van der Waals surface area contributed by atoms with E-state index in [-0.39, 0.29) is 0 Å². The average molecular weight is 277 g/mol. The van der Waals surface area contributed by atoms with Crippen LogP contribution in [0.2, 0.25) is 0 Å². The SMILES string of the molecule is CCNC1CCCCCCC1N1CCn2cnnc2C1. The molecule has 20 heavy (non-hydrogen) atoms. The molecule has 0 radical (unpaired) electrons. The van der Waals surface area contributed by atoms with Gasteiger partial charge < -0.3 is 9.88 Å². The Morgan fingerprint density at radius 3 is 2.90 bits per heavy atom. The Kier molecular flexibility index (Phi) is 4.68. The number of rotatable bonds is 3. The molecule has 0 spiro atoms. The molecule has 1 aliphatic heterocycles. The Bertz CT molecular complexity index is 416. The summed E-state index contributed by atoms with van der Waals surface area (Å²) in [5.41, 5.74) is 0. The molecule has 1 aliphatic carbocycles. The van der Waals surface area contributed by atoms with Crippen LogP contribution in [0.3, 0.4) is 0 Å². The Labute approximate surface area is 121 Å². The van der Waals surface area contributed by atoms with Crippen LogP contribution < -0.4 is 5.32 Å². The van der Waals surface area contributed by atoms with Crippen molar-refractivity contribution in [3.8, 4) is 0 Å². The quantitative estimate of drug-likeness (QED) is 0.915. The highest BCUT2D eigenvalue weighted by molar-refractivity contribution is 4.95. The van der Waals surface area contributed by atoms with Gasteiger partial charge in [-0.3, -0.25) is 4.90 Å². The molecule has 5 heteroatoms. The van der Waals surface area contributed by atoms with Crippen molar-refractivity contribution in [2.24, 2.45) is 0 Å². The molecule has 5 nitrogen and oxygen atoms in total. The van der Waals surface area contributed by atoms with Crippen molar-refractivity contribution in [2.75, 3.05) is 13.1 Å². The summed E-state index contributed by atoms with van der Waals surface area (Å²) < 4.78 is 2.20. The summed E-state index contributed by atoms with van der Waals surface area (Å²) in [6.45, 7) is 6.44. The van der Waals surface area contributed by atoms with Crippen LogP contribution in [-0.2, 0) is 13.1 Å². The summed E-state index contributed by atoms with van der Waals surface area (Å²) >= 11 is 0. The lowest BCUT2D eigenvalue weighted by Crippen LogP contribution is -2.52. The van der Waals surface area contributed by atoms with E-state index in [0.717, 1.165) is 32.0 Å². The molecule has 1 aromatic heterocycles. The monoisotopic (exact) mass is 277 g/mol. The molecule has 0 aromatic carbocycles. The molecule has 3 rings (SSSR count). The maximum atomic E-state index is 4.27. The first-order valence-corrected chi connectivity index (χ1v) is 8.22. The molecule has 0 saturated heterocycles. The van der Waals surface area contributed by atoms with Crippen LogP contribution in [0.1, 0.15) is 51.3 Å². The summed E-state index contributed by atoms with van der Waals surface area (Å²) in [4.78, 5) is 2.64. The minimum atomic E-state index is 0.648. The van der Waals surface area contributed by atoms with Gasteiger partial charge in [-0.25, -0.2) is 0 Å². The predicted molar refractivity (Wildman–Crippen MR) is 79.4 cm³/mol. The molecule has 0 amide bonds. The topological polar surface area (TPSA) is 46.0 Å². The highest BCUT2D eigenvalue weighted by atomic mass is 15.3. The molecule has 112 valence electrons. The fourth-order valence-electron chi connectivity index (χ4n) is 3.77. The summed E-state index contributed by atoms with van der Waals surface area (Å²) in [6, 6.07) is 1.32. The van der Waals surface area contributed by atoms with Crippen molar-refractivity contribution in [3.05, 3.63) is 12.2 Å². The lowest BCUT2D eigenvalue weighted by molar-refractivity contribution is 0.103. The van der Waals surface area contributed by atoms with Crippen molar-refractivity contribution >= 4 is 0 Å². The van der Waals surface area contributed by atoms with Crippen LogP contribution in [0, 0.1) is 0 Å². The number of nitrogens with zero attached hydrogens (tertiary/aromatic N) is 4. The molecule has 1 aromatic rings. The number of aromatic nitrogens is 3. The van der Waals surface area contributed by atoms with Gasteiger partial charge in [0.05, 0.1) is 6.54 Å². The fraction of sp³-hybridized carbons (Fsp3) is 0.867. The summed E-state index contributed by atoms with van der Waals surface area (Å²) in [5.74, 6) is 1.13. The first kappa shape index (κ1) is 14.0. The summed E-state index contributed by atoms with van der Waals surface area (Å²) in [6.07, 6.45) is 10.1. The Hall–Kier alpha value is -0.940. The van der Waals surface area contributed by atoms with E-state index in [9.17, 15) is 0 Å². The van der Waals surface area contributed by atoms with E-state index in [4.69, 9.17) is 0 Å². The van der Waals surface area contributed by atoms with E-state index in [1.165, 1.54) is 38.5 Å². The lowest BCUT2D eigenvalue weighted by atomic mass is 9.90. The standard InChI is InChI=1S/C15H27N5/c1-2-16-13-7-5-3-4-6-8-14(13)19-9-10-20-12-17-18-15(20)11-19/h12-14,16H,2-11H2,1H3. The van der Waals surface area contributed by atoms with Gasteiger partial charge in [0, 0.05) is 25.2 Å². The van der Waals surface area contributed by atoms with Gasteiger partial charge >= 0.3 is 0 Å². The number of fused-ring (bicyclic) bond motifs is 1. The van der Waals surface area contributed by atoms with Crippen LogP contribution in [0.5, 0.6) is 0 Å². The molecule has 2 heterocycles. The van der Waals surface area contributed by atoms with Gasteiger partial charge in [-0.05, 0) is 19.4 Å². The molecular formula is C15H27N5. The third-order valence-electron chi connectivity index (χ3n) is 4.83. The number of hydrogen-bond donors (Lipinski definition) is 1. The van der Waals surface area contributed by atoms with Crippen molar-refractivity contribution in [2.45, 2.75) is 70.6 Å². The summed E-state index contributed by atoms with van der Waals surface area (Å²) in [7, 11) is 0. The minimum Gasteiger partial charge on any atom is -0.315 e. The molecule has 1 fully saturated rings. The van der Waals surface area contributed by atoms with Crippen LogP contribution in [0.15, 0.2) is 6.33 Å². The van der Waals surface area contributed by atoms with Gasteiger partial charge in [-0.15, -0.1) is 10.2 Å². The largest absolute Gasteiger partial charge is 0.315 e. The van der Waals surface area contributed by atoms with E-state index in [0.29, 0.717) is 12.1 Å². The van der Waals surface area contributed by atoms with Crippen molar-refractivity contribution < 1.29 is 0 Å². The van der Waals surface area contributed by atoms with E-state index in [1.807, 2.05) is 6.33 Å². The Balaban J connectivity index is 1.71. The van der Waals surface area contributed by atoms with Gasteiger partial charge in [0.15, 0.2) is 0 Å². The number of nitrogens with one attached hydrogen (secondary N) is 1. The van der Waals surface area contributed by atoms with Gasteiger partial charge in [0.25, 0.3) is 0 Å². The predicted octanol–water partition coefficient (Wildman–Crippen LogP) is 1.79. The van der Waals surface area contributed by atoms with E-state index in [2.05, 4.69) is 31.9 Å². The van der Waals surface area contributed by atoms with Gasteiger partial charge in [-0.2, -0.15) is 0 Å². The molecule has 1 N–H and O–H groups in total. The first-order valence-electron chi connectivity index (χ1n) is 8.22. The van der Waals surface area contributed by atoms with Gasteiger partial charge in [0.2, 0.25) is 0 Å². The zero-order valence-electron chi connectivity index (χ0n) is 12.6. The normalized spacial score (nSPS) is 28.6. The number of likely N-dealkylation sites (N-methyl/N-ethyl adjacent to an activating group) is 1. The molecule has 2 aliphatic rings. The fourth-order valence-corrected chi connectivity index (χ4v) is 3.77. The van der Waals surface area contributed by atoms with Crippen molar-refractivity contribution in [1.82, 2.24) is 25.0 Å². The zero-order valence-corrected chi connectivity index (χ0v) is 12.6. The molecule has 2 unspecified atom stereocenters. The van der Waals surface area contributed by atoms with Crippen molar-refractivity contribution in [1.29, 1.82) is 0 Å². The second-order valence-electron chi connectivity index (χ2n) is 6.13. The smallest absolute Gasteiger partial charge is 0.147 e. The highest BCUT2D eigenvalue weighted by Gasteiger charge is 2.30. The molecule has 2 atom stereocenters. The van der Waals surface area contributed by atoms with Crippen LogP contribution in [0.25, 0.3) is 0 Å². The van der Waals surface area contributed by atoms with Gasteiger partial charge in [0.1, 0.15) is 12.2 Å². The highest BCUT2D eigenvalue weighted by Crippen LogP contribution is 2.24. The van der Waals surface area contributed by atoms with E-state index < -0.39 is 0 Å². The van der Waals surface area contributed by atoms with Crippen LogP contribution in [-0.4, -0.2) is 44.8 Å². The molecule has 1 saturated carbocycles. The van der Waals surface area contributed by atoms with E-state index >= 15 is 0 Å². The first-order chi connectivity index (χ1) is 9.88. The lowest BCUT2D eigenvalue weighted by Gasteiger charge is -2.40. The van der Waals surface area contributed by atoms with Crippen molar-refractivity contribution in [3.63, 3.8) is 0 Å². The van der Waals surface area contributed by atoms with E-state index in [1.54, 1.807) is 0 Å². The van der Waals surface area contributed by atoms with Gasteiger partial charge in [-0.1, -0.05) is 32.6 Å². The Morgan fingerprint density at radius 1 is 1.20 bits per heavy atom. The maximum Gasteiger partial charge on any atom is 0.147 e. The van der Waals surface area contributed by atoms with Crippen LogP contribution in [0.4, 0.5) is 0 Å². The summed E-state index contributed by atoms with van der Waals surface area (Å²) in [5, 5.41) is 12.0. The second-order valence-corrected chi connectivity index (χ2v) is 6.13. The minimum absolute atomic E-state index is 0.648. The second kappa shape index (κ2) is 6.68. The van der Waals surface area contributed by atoms with Crippen LogP contribution >= 0.6 is 0 Å². The molecule has 0 bridgehead atoms. The molecular weight excluding hydrogens is 250 g/mol. The third kappa shape index (κ3) is 3.04. The maximum absolute atomic E-state index is 4.27. The third-order valence-corrected chi connectivity index (χ3v) is 4.83.